The smallest absolute Gasteiger partial charge is 0.521 e. The SMILES string of the molecule is [CH-]=C.[Cu].[Li+]. The van der Waals surface area contributed by atoms with Gasteiger partial charge in [-0.25, -0.2) is 0 Å². The van der Waals surface area contributed by atoms with E-state index in [1.165, 1.54) is 0 Å². The van der Waals surface area contributed by atoms with Crippen LogP contribution in [-0.2, 0) is 17.1 Å². The fraction of sp³-hybridized carbons (Fsp3) is 0. The number of rotatable bonds is 0. The van der Waals surface area contributed by atoms with E-state index in [9.17, 15) is 0 Å². The first kappa shape index (κ1) is 21.0. The van der Waals surface area contributed by atoms with E-state index in [0.29, 0.717) is 0 Å². The number of hydrogen-bond acceptors (Lipinski definition) is 0. The third-order valence-corrected chi connectivity index (χ3v) is 0. The van der Waals surface area contributed by atoms with Gasteiger partial charge in [-0.05, 0) is 0 Å². The van der Waals surface area contributed by atoms with Crippen molar-refractivity contribution < 1.29 is 35.9 Å². The zero-order chi connectivity index (χ0) is 2.00. The maximum absolute atomic E-state index is 4.25. The normalized spacial score (nSPS) is 1.00. The molecule has 0 rings (SSSR count). The Bertz CT molecular complexity index is 6.00. The zero-order valence-electron chi connectivity index (χ0n) is 2.59. The van der Waals surface area contributed by atoms with E-state index in [0.717, 1.165) is 0 Å². The summed E-state index contributed by atoms with van der Waals surface area (Å²) in [6, 6.07) is 0. The average molecular weight is 97.5 g/mol. The topological polar surface area (TPSA) is 0 Å². The van der Waals surface area contributed by atoms with Crippen LogP contribution in [0.2, 0.25) is 0 Å². The third kappa shape index (κ3) is 13.4. The summed E-state index contributed by atoms with van der Waals surface area (Å²) in [4.78, 5) is 0. The van der Waals surface area contributed by atoms with Gasteiger partial charge in [0.05, 0.1) is 0 Å². The summed E-state index contributed by atoms with van der Waals surface area (Å²) in [7, 11) is 0. The molecule has 0 saturated heterocycles. The van der Waals surface area contributed by atoms with E-state index >= 15 is 0 Å². The predicted octanol–water partition coefficient (Wildman–Crippen LogP) is -2.39. The molecule has 2 heteroatoms. The van der Waals surface area contributed by atoms with E-state index in [4.69, 9.17) is 0 Å². The van der Waals surface area contributed by atoms with Gasteiger partial charge < -0.3 is 6.58 Å². The molecular formula is C2H3CuLi. The van der Waals surface area contributed by atoms with Crippen LogP contribution in [0.25, 0.3) is 0 Å². The molecule has 0 nitrogen and oxygen atoms in total. The molecule has 0 amide bonds. The largest absolute Gasteiger partial charge is 1.00 e. The molecule has 0 aromatic carbocycles. The molecular weight excluding hydrogens is 94.5 g/mol. The van der Waals surface area contributed by atoms with Crippen molar-refractivity contribution in [1.82, 2.24) is 0 Å². The first-order chi connectivity index (χ1) is 1.00. The van der Waals surface area contributed by atoms with Crippen LogP contribution in [0.15, 0.2) is 6.58 Å². The first-order valence-electron chi connectivity index (χ1n) is 0.408. The van der Waals surface area contributed by atoms with Crippen LogP contribution in [0.4, 0.5) is 0 Å². The second-order valence-corrected chi connectivity index (χ2v) is 0. The molecule has 0 aromatic rings. The Morgan fingerprint density at radius 2 is 1.25 bits per heavy atom. The summed E-state index contributed by atoms with van der Waals surface area (Å²) in [5.41, 5.74) is 0. The van der Waals surface area contributed by atoms with Gasteiger partial charge in [0.25, 0.3) is 0 Å². The van der Waals surface area contributed by atoms with Crippen LogP contribution in [0.1, 0.15) is 0 Å². The quantitative estimate of drug-likeness (QED) is 0.234. The van der Waals surface area contributed by atoms with Crippen molar-refractivity contribution >= 4 is 0 Å². The van der Waals surface area contributed by atoms with Crippen molar-refractivity contribution in [2.24, 2.45) is 0 Å². The van der Waals surface area contributed by atoms with E-state index in [-0.39, 0.29) is 35.9 Å². The predicted molar refractivity (Wildman–Crippen MR) is 9.93 cm³/mol. The van der Waals surface area contributed by atoms with Crippen LogP contribution in [0.3, 0.4) is 0 Å². The van der Waals surface area contributed by atoms with Gasteiger partial charge in [0.1, 0.15) is 0 Å². The molecule has 0 N–H and O–H groups in total. The molecule has 0 fully saturated rings. The maximum atomic E-state index is 4.25. The van der Waals surface area contributed by atoms with Crippen molar-refractivity contribution in [3.63, 3.8) is 0 Å². The molecule has 4 heavy (non-hydrogen) atoms. The molecule has 23 valence electrons. The minimum Gasteiger partial charge on any atom is -0.521 e. The van der Waals surface area contributed by atoms with E-state index in [1.54, 1.807) is 0 Å². The molecule has 0 aliphatic rings. The molecule has 1 radical (unpaired) electrons. The Morgan fingerprint density at radius 3 is 1.25 bits per heavy atom. The summed E-state index contributed by atoms with van der Waals surface area (Å²) < 4.78 is 0. The molecule has 0 heterocycles. The Morgan fingerprint density at radius 1 is 1.25 bits per heavy atom. The summed E-state index contributed by atoms with van der Waals surface area (Å²) in [6.07, 6.45) is 0. The van der Waals surface area contributed by atoms with Gasteiger partial charge in [-0.1, -0.05) is 0 Å². The van der Waals surface area contributed by atoms with Gasteiger partial charge in [0, 0.05) is 17.1 Å². The molecule has 0 unspecified atom stereocenters. The summed E-state index contributed by atoms with van der Waals surface area (Å²) >= 11 is 0. The van der Waals surface area contributed by atoms with E-state index in [1.807, 2.05) is 0 Å². The summed E-state index contributed by atoms with van der Waals surface area (Å²) in [6.45, 7) is 7.00. The van der Waals surface area contributed by atoms with Crippen LogP contribution < -0.4 is 18.9 Å². The minimum absolute atomic E-state index is 0. The Labute approximate surface area is 49.3 Å². The summed E-state index contributed by atoms with van der Waals surface area (Å²) in [5, 5.41) is 0. The Hall–Kier alpha value is 0.857. The van der Waals surface area contributed by atoms with Crippen LogP contribution in [-0.4, -0.2) is 0 Å². The molecule has 0 aromatic heterocycles. The molecule has 0 bridgehead atoms. The average Bonchev–Trinajstić information content (AvgIpc) is 1.00. The molecule has 0 saturated carbocycles. The van der Waals surface area contributed by atoms with E-state index < -0.39 is 0 Å². The van der Waals surface area contributed by atoms with Gasteiger partial charge in [-0.3, -0.25) is 6.58 Å². The van der Waals surface area contributed by atoms with Crippen molar-refractivity contribution in [3.8, 4) is 0 Å². The first-order valence-corrected chi connectivity index (χ1v) is 0.408. The van der Waals surface area contributed by atoms with Crippen molar-refractivity contribution in [1.29, 1.82) is 0 Å². The third-order valence-electron chi connectivity index (χ3n) is 0. The molecule has 0 spiro atoms. The van der Waals surface area contributed by atoms with Crippen molar-refractivity contribution in [3.05, 3.63) is 13.2 Å². The maximum Gasteiger partial charge on any atom is 1.00 e. The van der Waals surface area contributed by atoms with Crippen molar-refractivity contribution in [2.75, 3.05) is 0 Å². The van der Waals surface area contributed by atoms with Crippen LogP contribution in [0, 0.1) is 6.58 Å². The Balaban J connectivity index is -0.00000000500. The van der Waals surface area contributed by atoms with E-state index in [2.05, 4.69) is 13.2 Å². The second kappa shape index (κ2) is 42.9. The van der Waals surface area contributed by atoms with Crippen LogP contribution in [0.5, 0.6) is 0 Å². The van der Waals surface area contributed by atoms with Gasteiger partial charge in [-0.2, -0.15) is 0 Å². The van der Waals surface area contributed by atoms with Gasteiger partial charge in [0.2, 0.25) is 0 Å². The minimum atomic E-state index is 0. The summed E-state index contributed by atoms with van der Waals surface area (Å²) in [5.74, 6) is 0. The second-order valence-electron chi connectivity index (χ2n) is 0. The standard InChI is InChI=1S/C2H3.Cu.Li/c1-2;;/h1H,2H2;;/q-1;;+1. The van der Waals surface area contributed by atoms with Gasteiger partial charge in [0.15, 0.2) is 0 Å². The molecule has 0 aliphatic heterocycles. The van der Waals surface area contributed by atoms with Crippen LogP contribution >= 0.6 is 0 Å². The van der Waals surface area contributed by atoms with Gasteiger partial charge >= 0.3 is 18.9 Å². The fourth-order valence-electron chi connectivity index (χ4n) is 0. The van der Waals surface area contributed by atoms with Gasteiger partial charge in [-0.15, -0.1) is 0 Å². The number of hydrogen-bond donors (Lipinski definition) is 0. The van der Waals surface area contributed by atoms with Crippen molar-refractivity contribution in [2.45, 2.75) is 0 Å². The molecule has 0 aliphatic carbocycles. The zero-order valence-corrected chi connectivity index (χ0v) is 3.53. The Kier molecular flexibility index (Phi) is 225. The monoisotopic (exact) mass is 97.0 g/mol. The fourth-order valence-corrected chi connectivity index (χ4v) is 0. The molecule has 0 atom stereocenters.